The predicted octanol–water partition coefficient (Wildman–Crippen LogP) is 5.46. The maximum absolute atomic E-state index is 13.6. The number of carbonyl (C=O) groups is 1. The second-order valence-corrected chi connectivity index (χ2v) is 11.5. The van der Waals surface area contributed by atoms with Crippen LogP contribution in [-0.4, -0.2) is 33.5 Å². The molecule has 6 nitrogen and oxygen atoms in total. The van der Waals surface area contributed by atoms with E-state index in [1.807, 2.05) is 39.0 Å². The zero-order valence-electron chi connectivity index (χ0n) is 21.7. The van der Waals surface area contributed by atoms with Gasteiger partial charge in [0.1, 0.15) is 12.3 Å². The zero-order chi connectivity index (χ0) is 26.3. The van der Waals surface area contributed by atoms with E-state index in [2.05, 4.69) is 31.3 Å². The monoisotopic (exact) mass is 508 g/mol. The van der Waals surface area contributed by atoms with Crippen LogP contribution in [0.4, 0.5) is 5.69 Å². The maximum Gasteiger partial charge on any atom is 0.264 e. The van der Waals surface area contributed by atoms with Crippen LogP contribution in [-0.2, 0) is 20.2 Å². The molecule has 3 rings (SSSR count). The Balaban J connectivity index is 1.81. The molecule has 0 radical (unpaired) electrons. The Kier molecular flexibility index (Phi) is 8.79. The highest BCUT2D eigenvalue weighted by Crippen LogP contribution is 2.29. The van der Waals surface area contributed by atoms with E-state index < -0.39 is 10.0 Å². The molecule has 1 N–H and O–H groups in total. The van der Waals surface area contributed by atoms with Gasteiger partial charge in [-0.25, -0.2) is 8.42 Å². The maximum atomic E-state index is 13.6. The largest absolute Gasteiger partial charge is 0.494 e. The lowest BCUT2D eigenvalue weighted by molar-refractivity contribution is -0.120. The Bertz CT molecular complexity index is 1240. The van der Waals surface area contributed by atoms with Crippen molar-refractivity contribution in [1.29, 1.82) is 0 Å². The van der Waals surface area contributed by atoms with Crippen LogP contribution in [0.25, 0.3) is 0 Å². The van der Waals surface area contributed by atoms with Gasteiger partial charge in [-0.2, -0.15) is 0 Å². The summed E-state index contributed by atoms with van der Waals surface area (Å²) in [6.45, 7) is 10.2. The molecular weight excluding hydrogens is 472 g/mol. The van der Waals surface area contributed by atoms with Gasteiger partial charge >= 0.3 is 0 Å². The third-order valence-corrected chi connectivity index (χ3v) is 7.90. The van der Waals surface area contributed by atoms with Gasteiger partial charge in [0.25, 0.3) is 10.0 Å². The summed E-state index contributed by atoms with van der Waals surface area (Å²) in [7, 11) is -3.97. The Morgan fingerprint density at radius 3 is 2.17 bits per heavy atom. The van der Waals surface area contributed by atoms with Crippen LogP contribution in [0, 0.1) is 6.92 Å². The highest BCUT2D eigenvalue weighted by molar-refractivity contribution is 7.92. The number of benzene rings is 3. The molecule has 0 bridgehead atoms. The van der Waals surface area contributed by atoms with Crippen LogP contribution in [0.15, 0.2) is 83.8 Å². The van der Waals surface area contributed by atoms with Gasteiger partial charge in [-0.3, -0.25) is 9.10 Å². The Morgan fingerprint density at radius 2 is 1.58 bits per heavy atom. The molecule has 1 atom stereocenters. The fraction of sp³-hybridized carbons (Fsp3) is 0.345. The standard InChI is InChI=1S/C29H36N2O4S/c1-6-35-26-16-14-25(15-17-26)31(36(33,34)27-18-12-22(2)13-19-27)21-28(32)30-23(3)20-29(4,5)24-10-8-7-9-11-24/h7-19,23H,6,20-21H2,1-5H3,(H,30,32). The van der Waals surface area contributed by atoms with E-state index in [4.69, 9.17) is 4.74 Å². The van der Waals surface area contributed by atoms with Crippen LogP contribution in [0.2, 0.25) is 0 Å². The topological polar surface area (TPSA) is 75.7 Å². The number of amides is 1. The third-order valence-electron chi connectivity index (χ3n) is 6.11. The van der Waals surface area contributed by atoms with Crippen molar-refractivity contribution in [1.82, 2.24) is 5.32 Å². The van der Waals surface area contributed by atoms with Crippen LogP contribution in [0.1, 0.15) is 45.2 Å². The van der Waals surface area contributed by atoms with Gasteiger partial charge in [0.2, 0.25) is 5.91 Å². The zero-order valence-corrected chi connectivity index (χ0v) is 22.5. The van der Waals surface area contributed by atoms with Gasteiger partial charge in [-0.05, 0) is 74.6 Å². The molecular formula is C29H36N2O4S. The number of aryl methyl sites for hydroxylation is 1. The lowest BCUT2D eigenvalue weighted by atomic mass is 9.79. The van der Waals surface area contributed by atoms with E-state index in [9.17, 15) is 13.2 Å². The van der Waals surface area contributed by atoms with Gasteiger partial charge in [0.15, 0.2) is 0 Å². The van der Waals surface area contributed by atoms with Crippen molar-refractivity contribution >= 4 is 21.6 Å². The number of sulfonamides is 1. The molecule has 7 heteroatoms. The lowest BCUT2D eigenvalue weighted by Crippen LogP contribution is -2.45. The Hall–Kier alpha value is -3.32. The van der Waals surface area contributed by atoms with Crippen molar-refractivity contribution in [3.05, 3.63) is 90.0 Å². The van der Waals surface area contributed by atoms with E-state index in [-0.39, 0.29) is 28.8 Å². The third kappa shape index (κ3) is 6.88. The lowest BCUT2D eigenvalue weighted by Gasteiger charge is -2.30. The molecule has 1 amide bonds. The number of nitrogens with zero attached hydrogens (tertiary/aromatic N) is 1. The van der Waals surface area contributed by atoms with Crippen molar-refractivity contribution in [2.24, 2.45) is 0 Å². The first-order valence-electron chi connectivity index (χ1n) is 12.2. The number of carbonyl (C=O) groups excluding carboxylic acids is 1. The summed E-state index contributed by atoms with van der Waals surface area (Å²) in [6, 6.07) is 23.4. The smallest absolute Gasteiger partial charge is 0.264 e. The summed E-state index contributed by atoms with van der Waals surface area (Å²) in [5.41, 5.74) is 2.38. The van der Waals surface area contributed by atoms with Gasteiger partial charge in [-0.15, -0.1) is 0 Å². The van der Waals surface area contributed by atoms with Crippen LogP contribution in [0.3, 0.4) is 0 Å². The van der Waals surface area contributed by atoms with Crippen molar-refractivity contribution < 1.29 is 17.9 Å². The van der Waals surface area contributed by atoms with Gasteiger partial charge in [0.05, 0.1) is 17.2 Å². The Morgan fingerprint density at radius 1 is 0.972 bits per heavy atom. The molecule has 1 unspecified atom stereocenters. The average molecular weight is 509 g/mol. The molecule has 3 aromatic carbocycles. The highest BCUT2D eigenvalue weighted by atomic mass is 32.2. The van der Waals surface area contributed by atoms with Crippen LogP contribution < -0.4 is 14.4 Å². The molecule has 0 heterocycles. The van der Waals surface area contributed by atoms with E-state index in [1.54, 1.807) is 48.5 Å². The number of rotatable bonds is 11. The van der Waals surface area contributed by atoms with E-state index in [0.29, 0.717) is 24.5 Å². The summed E-state index contributed by atoms with van der Waals surface area (Å²) in [5.74, 6) is 0.270. The number of hydrogen-bond donors (Lipinski definition) is 1. The predicted molar refractivity (Wildman–Crippen MR) is 145 cm³/mol. The normalized spacial score (nSPS) is 12.6. The molecule has 0 aromatic heterocycles. The average Bonchev–Trinajstić information content (AvgIpc) is 2.84. The molecule has 0 spiro atoms. The molecule has 3 aromatic rings. The molecule has 36 heavy (non-hydrogen) atoms. The summed E-state index contributed by atoms with van der Waals surface area (Å²) in [4.78, 5) is 13.3. The summed E-state index contributed by atoms with van der Waals surface area (Å²) < 4.78 is 33.9. The van der Waals surface area contributed by atoms with Gasteiger partial charge < -0.3 is 10.1 Å². The number of anilines is 1. The second-order valence-electron chi connectivity index (χ2n) is 9.67. The quantitative estimate of drug-likeness (QED) is 0.373. The van der Waals surface area contributed by atoms with E-state index in [0.717, 1.165) is 9.87 Å². The van der Waals surface area contributed by atoms with Crippen molar-refractivity contribution in [2.45, 2.75) is 57.4 Å². The fourth-order valence-electron chi connectivity index (χ4n) is 4.30. The van der Waals surface area contributed by atoms with Crippen molar-refractivity contribution in [2.75, 3.05) is 17.5 Å². The SMILES string of the molecule is CCOc1ccc(N(CC(=O)NC(C)CC(C)(C)c2ccccc2)S(=O)(=O)c2ccc(C)cc2)cc1. The molecule has 0 saturated heterocycles. The first kappa shape index (κ1) is 27.3. The van der Waals surface area contributed by atoms with E-state index in [1.165, 1.54) is 5.56 Å². The summed E-state index contributed by atoms with van der Waals surface area (Å²) in [6.07, 6.45) is 0.705. The molecule has 0 fully saturated rings. The fourth-order valence-corrected chi connectivity index (χ4v) is 5.72. The number of nitrogens with one attached hydrogen (secondary N) is 1. The first-order chi connectivity index (χ1) is 17.0. The van der Waals surface area contributed by atoms with Crippen molar-refractivity contribution in [3.8, 4) is 5.75 Å². The number of hydrogen-bond acceptors (Lipinski definition) is 4. The molecule has 192 valence electrons. The molecule has 0 aliphatic rings. The second kappa shape index (κ2) is 11.6. The Labute approximate surface area is 215 Å². The minimum absolute atomic E-state index is 0.132. The molecule has 0 saturated carbocycles. The summed E-state index contributed by atoms with van der Waals surface area (Å²) >= 11 is 0. The van der Waals surface area contributed by atoms with Gasteiger partial charge in [-0.1, -0.05) is 61.9 Å². The minimum Gasteiger partial charge on any atom is -0.494 e. The number of ether oxygens (including phenoxy) is 1. The summed E-state index contributed by atoms with van der Waals surface area (Å²) in [5, 5.41) is 3.00. The van der Waals surface area contributed by atoms with Crippen molar-refractivity contribution in [3.63, 3.8) is 0 Å². The molecule has 0 aliphatic carbocycles. The van der Waals surface area contributed by atoms with Gasteiger partial charge in [0, 0.05) is 6.04 Å². The molecule has 0 aliphatic heterocycles. The highest BCUT2D eigenvalue weighted by Gasteiger charge is 2.29. The van der Waals surface area contributed by atoms with Crippen LogP contribution in [0.5, 0.6) is 5.75 Å². The van der Waals surface area contributed by atoms with E-state index >= 15 is 0 Å². The van der Waals surface area contributed by atoms with Crippen LogP contribution >= 0.6 is 0 Å². The first-order valence-corrected chi connectivity index (χ1v) is 13.6. The minimum atomic E-state index is -3.97.